The van der Waals surface area contributed by atoms with E-state index in [2.05, 4.69) is 26.0 Å². The van der Waals surface area contributed by atoms with Crippen LogP contribution < -0.4 is 9.47 Å². The molecule has 2 unspecified atom stereocenters. The van der Waals surface area contributed by atoms with Crippen LogP contribution in [0.15, 0.2) is 36.4 Å². The fourth-order valence-electron chi connectivity index (χ4n) is 3.68. The van der Waals surface area contributed by atoms with Crippen molar-refractivity contribution in [3.8, 4) is 17.2 Å². The third-order valence-electron chi connectivity index (χ3n) is 5.07. The van der Waals surface area contributed by atoms with Crippen molar-refractivity contribution in [3.63, 3.8) is 0 Å². The molecule has 0 aliphatic rings. The van der Waals surface area contributed by atoms with E-state index in [0.717, 1.165) is 22.4 Å². The molecule has 0 saturated heterocycles. The average Bonchev–Trinajstić information content (AvgIpc) is 2.64. The summed E-state index contributed by atoms with van der Waals surface area (Å²) in [5, 5.41) is 10.7. The van der Waals surface area contributed by atoms with Crippen LogP contribution in [0.5, 0.6) is 17.2 Å². The van der Waals surface area contributed by atoms with Crippen molar-refractivity contribution >= 4 is 0 Å². The number of benzene rings is 2. The number of phenolic OH excluding ortho intramolecular Hbond substituents is 1. The Balaban J connectivity index is 2.63. The number of phenols is 1. The Morgan fingerprint density at radius 1 is 0.929 bits per heavy atom. The number of ether oxygens (including phenoxy) is 3. The Hall–Kier alpha value is -2.20. The van der Waals surface area contributed by atoms with Crippen LogP contribution in [0.2, 0.25) is 0 Å². The Kier molecular flexibility index (Phi) is 7.76. The second kappa shape index (κ2) is 9.83. The molecule has 28 heavy (non-hydrogen) atoms. The van der Waals surface area contributed by atoms with Crippen LogP contribution in [0, 0.1) is 18.8 Å². The van der Waals surface area contributed by atoms with Gasteiger partial charge in [-0.25, -0.2) is 0 Å². The Labute approximate surface area is 169 Å². The quantitative estimate of drug-likeness (QED) is 0.614. The molecule has 0 heterocycles. The number of methoxy groups -OCH3 is 2. The highest BCUT2D eigenvalue weighted by Crippen LogP contribution is 2.43. The minimum atomic E-state index is -0.0261. The maximum absolute atomic E-state index is 10.7. The highest BCUT2D eigenvalue weighted by Gasteiger charge is 2.30. The van der Waals surface area contributed by atoms with Crippen molar-refractivity contribution in [2.24, 2.45) is 11.8 Å². The lowest BCUT2D eigenvalue weighted by Crippen LogP contribution is -2.24. The molecule has 0 aliphatic carbocycles. The summed E-state index contributed by atoms with van der Waals surface area (Å²) in [6, 6.07) is 11.8. The largest absolute Gasteiger partial charge is 0.508 e. The van der Waals surface area contributed by atoms with Gasteiger partial charge in [0.15, 0.2) is 11.5 Å². The molecule has 0 fully saturated rings. The number of hydrogen-bond acceptors (Lipinski definition) is 4. The molecule has 0 bridgehead atoms. The van der Waals surface area contributed by atoms with E-state index in [1.165, 1.54) is 0 Å². The maximum Gasteiger partial charge on any atom is 0.161 e. The second-order valence-electron chi connectivity index (χ2n) is 7.98. The summed E-state index contributed by atoms with van der Waals surface area (Å²) in [4.78, 5) is 0. The first-order chi connectivity index (χ1) is 13.3. The van der Waals surface area contributed by atoms with E-state index in [-0.39, 0.29) is 17.9 Å². The fourth-order valence-corrected chi connectivity index (χ4v) is 3.68. The standard InChI is InChI=1S/C24H34O4/c1-15(2)20(14-26-6)24(19-12-17(5)8-10-21(19)25)18-9-11-22(28-16(3)4)23(13-18)27-7/h8-13,15-16,20,24-25H,14H2,1-7H3. The predicted molar refractivity (Wildman–Crippen MR) is 114 cm³/mol. The number of hydrogen-bond donors (Lipinski definition) is 1. The van der Waals surface area contributed by atoms with Crippen molar-refractivity contribution in [2.45, 2.75) is 46.6 Å². The van der Waals surface area contributed by atoms with E-state index in [0.29, 0.717) is 24.0 Å². The smallest absolute Gasteiger partial charge is 0.161 e. The van der Waals surface area contributed by atoms with Crippen LogP contribution in [-0.4, -0.2) is 32.0 Å². The zero-order chi connectivity index (χ0) is 20.8. The monoisotopic (exact) mass is 386 g/mol. The van der Waals surface area contributed by atoms with Crippen LogP contribution in [0.4, 0.5) is 0 Å². The molecule has 0 amide bonds. The third-order valence-corrected chi connectivity index (χ3v) is 5.07. The first-order valence-corrected chi connectivity index (χ1v) is 9.91. The fraction of sp³-hybridized carbons (Fsp3) is 0.500. The zero-order valence-corrected chi connectivity index (χ0v) is 18.2. The highest BCUT2D eigenvalue weighted by atomic mass is 16.5. The second-order valence-corrected chi connectivity index (χ2v) is 7.98. The molecule has 2 atom stereocenters. The van der Waals surface area contributed by atoms with Gasteiger partial charge in [0.1, 0.15) is 5.75 Å². The van der Waals surface area contributed by atoms with Gasteiger partial charge >= 0.3 is 0 Å². The first-order valence-electron chi connectivity index (χ1n) is 9.91. The molecule has 2 aromatic rings. The number of rotatable bonds is 9. The van der Waals surface area contributed by atoms with Crippen molar-refractivity contribution in [1.29, 1.82) is 0 Å². The molecule has 4 heteroatoms. The summed E-state index contributed by atoms with van der Waals surface area (Å²) >= 11 is 0. The summed E-state index contributed by atoms with van der Waals surface area (Å²) in [5.74, 6) is 2.26. The van der Waals surface area contributed by atoms with E-state index in [4.69, 9.17) is 14.2 Å². The summed E-state index contributed by atoms with van der Waals surface area (Å²) in [6.45, 7) is 11.0. The normalized spacial score (nSPS) is 13.6. The van der Waals surface area contributed by atoms with Gasteiger partial charge in [-0.3, -0.25) is 0 Å². The molecule has 0 saturated carbocycles. The van der Waals surface area contributed by atoms with Gasteiger partial charge in [0.2, 0.25) is 0 Å². The van der Waals surface area contributed by atoms with Gasteiger partial charge in [-0.2, -0.15) is 0 Å². The van der Waals surface area contributed by atoms with Gasteiger partial charge in [0, 0.05) is 18.6 Å². The van der Waals surface area contributed by atoms with Gasteiger partial charge in [0.25, 0.3) is 0 Å². The van der Waals surface area contributed by atoms with Crippen LogP contribution >= 0.6 is 0 Å². The molecule has 2 rings (SSSR count). The molecule has 0 aliphatic heterocycles. The lowest BCUT2D eigenvalue weighted by Gasteiger charge is -2.31. The Morgan fingerprint density at radius 2 is 1.64 bits per heavy atom. The Bertz CT molecular complexity index is 767. The van der Waals surface area contributed by atoms with Crippen molar-refractivity contribution in [2.75, 3.05) is 20.8 Å². The van der Waals surface area contributed by atoms with E-state index < -0.39 is 0 Å². The summed E-state index contributed by atoms with van der Waals surface area (Å²) in [6.07, 6.45) is 0.0632. The minimum absolute atomic E-state index is 0.0261. The number of aryl methyl sites for hydroxylation is 1. The Morgan fingerprint density at radius 3 is 2.21 bits per heavy atom. The molecular weight excluding hydrogens is 352 g/mol. The van der Waals surface area contributed by atoms with Crippen LogP contribution in [0.3, 0.4) is 0 Å². The predicted octanol–water partition coefficient (Wildman–Crippen LogP) is 5.55. The molecule has 4 nitrogen and oxygen atoms in total. The highest BCUT2D eigenvalue weighted by molar-refractivity contribution is 5.49. The summed E-state index contributed by atoms with van der Waals surface area (Å²) < 4.78 is 17.0. The van der Waals surface area contributed by atoms with Gasteiger partial charge in [-0.1, -0.05) is 37.6 Å². The average molecular weight is 387 g/mol. The van der Waals surface area contributed by atoms with Crippen molar-refractivity contribution < 1.29 is 19.3 Å². The first kappa shape index (κ1) is 22.1. The van der Waals surface area contributed by atoms with Crippen molar-refractivity contribution in [1.82, 2.24) is 0 Å². The third kappa shape index (κ3) is 5.20. The van der Waals surface area contributed by atoms with E-state index in [1.807, 2.05) is 39.0 Å². The van der Waals surface area contributed by atoms with Gasteiger partial charge in [-0.15, -0.1) is 0 Å². The summed E-state index contributed by atoms with van der Waals surface area (Å²) in [7, 11) is 3.38. The van der Waals surface area contributed by atoms with E-state index >= 15 is 0 Å². The van der Waals surface area contributed by atoms with Crippen LogP contribution in [0.1, 0.15) is 50.3 Å². The molecule has 0 spiro atoms. The SMILES string of the molecule is COCC(C(C)C)C(c1ccc(OC(C)C)c(OC)c1)c1cc(C)ccc1O. The zero-order valence-electron chi connectivity index (χ0n) is 18.2. The van der Waals surface area contributed by atoms with Crippen LogP contribution in [-0.2, 0) is 4.74 Å². The molecule has 154 valence electrons. The summed E-state index contributed by atoms with van der Waals surface area (Å²) in [5.41, 5.74) is 3.10. The molecule has 0 radical (unpaired) electrons. The lowest BCUT2D eigenvalue weighted by molar-refractivity contribution is 0.119. The lowest BCUT2D eigenvalue weighted by atomic mass is 9.75. The molecule has 1 N–H and O–H groups in total. The molecule has 0 aromatic heterocycles. The maximum atomic E-state index is 10.7. The topological polar surface area (TPSA) is 47.9 Å². The van der Waals surface area contributed by atoms with E-state index in [9.17, 15) is 5.11 Å². The molecule has 2 aromatic carbocycles. The minimum Gasteiger partial charge on any atom is -0.508 e. The van der Waals surface area contributed by atoms with Gasteiger partial charge in [0.05, 0.1) is 19.8 Å². The number of aromatic hydroxyl groups is 1. The van der Waals surface area contributed by atoms with Crippen molar-refractivity contribution in [3.05, 3.63) is 53.1 Å². The van der Waals surface area contributed by atoms with Gasteiger partial charge in [-0.05, 0) is 56.4 Å². The molecular formula is C24H34O4. The van der Waals surface area contributed by atoms with Gasteiger partial charge < -0.3 is 19.3 Å². The van der Waals surface area contributed by atoms with Crippen LogP contribution in [0.25, 0.3) is 0 Å². The van der Waals surface area contributed by atoms with E-state index in [1.54, 1.807) is 20.3 Å².